The second-order valence-corrected chi connectivity index (χ2v) is 12.8. The highest BCUT2D eigenvalue weighted by Gasteiger charge is 2.60. The van der Waals surface area contributed by atoms with E-state index in [1.165, 1.54) is 25.0 Å². The summed E-state index contributed by atoms with van der Waals surface area (Å²) in [6.07, 6.45) is 3.72. The van der Waals surface area contributed by atoms with Gasteiger partial charge in [0.1, 0.15) is 0 Å². The molecule has 2 aliphatic rings. The fraction of sp³-hybridized carbons (Fsp3) is 1.00. The van der Waals surface area contributed by atoms with Gasteiger partial charge in [-0.05, 0) is 26.2 Å². The highest BCUT2D eigenvalue weighted by molar-refractivity contribution is 8.84. The van der Waals surface area contributed by atoms with Crippen LogP contribution < -0.4 is 10.2 Å². The Morgan fingerprint density at radius 2 is 2.12 bits per heavy atom. The first-order chi connectivity index (χ1) is 7.33. The Kier molecular flexibility index (Phi) is 3.63. The molecule has 16 heavy (non-hydrogen) atoms. The Labute approximate surface area is 109 Å². The smallest absolute Gasteiger partial charge is 0.0874 e. The summed E-state index contributed by atoms with van der Waals surface area (Å²) in [7, 11) is 0. The molecule has 2 fully saturated rings. The van der Waals surface area contributed by atoms with Gasteiger partial charge in [0.15, 0.2) is 0 Å². The van der Waals surface area contributed by atoms with E-state index in [0.29, 0.717) is 11.5 Å². The van der Waals surface area contributed by atoms with Crippen molar-refractivity contribution in [3.05, 3.63) is 0 Å². The Hall–Kier alpha value is 1.05. The van der Waals surface area contributed by atoms with Crippen molar-refractivity contribution in [3.63, 3.8) is 0 Å². The van der Waals surface area contributed by atoms with Crippen LogP contribution in [-0.4, -0.2) is 17.3 Å². The summed E-state index contributed by atoms with van der Waals surface area (Å²) in [5, 5.41) is 7.55. The van der Waals surface area contributed by atoms with Crippen LogP contribution in [0.5, 0.6) is 0 Å². The summed E-state index contributed by atoms with van der Waals surface area (Å²) in [6.45, 7) is 9.32. The summed E-state index contributed by atoms with van der Waals surface area (Å²) in [5.74, 6) is -0.408. The normalized spacial score (nSPS) is 45.9. The van der Waals surface area contributed by atoms with Gasteiger partial charge >= 0.3 is 0 Å². The molecule has 1 aliphatic carbocycles. The molecule has 94 valence electrons. The number of nitrogens with one attached hydrogen (secondary N) is 2. The molecule has 2 nitrogen and oxygen atoms in total. The fourth-order valence-corrected chi connectivity index (χ4v) is 9.71. The van der Waals surface area contributed by atoms with E-state index in [9.17, 15) is 0 Å². The van der Waals surface area contributed by atoms with Gasteiger partial charge in [-0.15, -0.1) is 0 Å². The minimum Gasteiger partial charge on any atom is -0.506 e. The molecular formula is C11H23N2PS2. The van der Waals surface area contributed by atoms with Gasteiger partial charge < -0.3 is 12.2 Å². The van der Waals surface area contributed by atoms with Gasteiger partial charge in [0.25, 0.3) is 0 Å². The minimum absolute atomic E-state index is 0.235. The molecule has 0 aromatic carbocycles. The van der Waals surface area contributed by atoms with Crippen molar-refractivity contribution in [1.82, 2.24) is 10.2 Å². The molecule has 1 aliphatic heterocycles. The highest BCUT2D eigenvalue weighted by Crippen LogP contribution is 2.70. The lowest BCUT2D eigenvalue weighted by molar-refractivity contribution is 0.169. The molecular weight excluding hydrogens is 255 g/mol. The van der Waals surface area contributed by atoms with E-state index in [-0.39, 0.29) is 5.54 Å². The molecule has 1 heterocycles. The molecule has 0 radical (unpaired) electrons. The van der Waals surface area contributed by atoms with E-state index in [2.05, 4.69) is 37.9 Å². The van der Waals surface area contributed by atoms with Crippen LogP contribution in [0.25, 0.3) is 0 Å². The Morgan fingerprint density at radius 1 is 1.44 bits per heavy atom. The van der Waals surface area contributed by atoms with E-state index in [0.717, 1.165) is 0 Å². The molecule has 0 aromatic rings. The van der Waals surface area contributed by atoms with Crippen LogP contribution >= 0.6 is 17.3 Å². The van der Waals surface area contributed by atoms with Crippen LogP contribution in [0.3, 0.4) is 0 Å². The summed E-state index contributed by atoms with van der Waals surface area (Å²) < 4.78 is 0. The monoisotopic (exact) mass is 278 g/mol. The molecule has 5 heteroatoms. The van der Waals surface area contributed by atoms with Crippen LogP contribution in [0.4, 0.5) is 0 Å². The number of rotatable bonds is 3. The fourth-order valence-electron chi connectivity index (χ4n) is 2.78. The third-order valence-corrected chi connectivity index (χ3v) is 10.6. The van der Waals surface area contributed by atoms with Gasteiger partial charge in [0.05, 0.1) is 11.5 Å². The van der Waals surface area contributed by atoms with Gasteiger partial charge in [-0.3, -0.25) is 0 Å². The predicted molar refractivity (Wildman–Crippen MR) is 78.5 cm³/mol. The first-order valence-corrected chi connectivity index (χ1v) is 10.5. The Balaban J connectivity index is 2.15. The van der Waals surface area contributed by atoms with Crippen molar-refractivity contribution in [2.45, 2.75) is 58.5 Å². The second kappa shape index (κ2) is 4.31. The average molecular weight is 278 g/mol. The summed E-state index contributed by atoms with van der Waals surface area (Å²) in [4.78, 5) is 0. The molecule has 1 saturated carbocycles. The predicted octanol–water partition coefficient (Wildman–Crippen LogP) is 3.49. The van der Waals surface area contributed by atoms with Crippen LogP contribution in [0, 0.1) is 5.41 Å². The summed E-state index contributed by atoms with van der Waals surface area (Å²) >= 11 is 7.79. The molecule has 2 N–H and O–H groups in total. The Morgan fingerprint density at radius 3 is 2.69 bits per heavy atom. The summed E-state index contributed by atoms with van der Waals surface area (Å²) in [5.41, 5.74) is 0.557. The van der Waals surface area contributed by atoms with Gasteiger partial charge in [0.2, 0.25) is 0 Å². The van der Waals surface area contributed by atoms with Crippen molar-refractivity contribution in [1.29, 1.82) is 0 Å². The van der Waals surface area contributed by atoms with Crippen LogP contribution in [0.1, 0.15) is 47.0 Å². The minimum atomic E-state index is -1.58. The first-order valence-electron chi connectivity index (χ1n) is 6.15. The molecule has 0 amide bonds. The first kappa shape index (κ1) is 13.5. The van der Waals surface area contributed by atoms with E-state index in [4.69, 9.17) is 12.2 Å². The molecule has 3 unspecified atom stereocenters. The van der Waals surface area contributed by atoms with Gasteiger partial charge in [0, 0.05) is 28.6 Å². The lowest BCUT2D eigenvalue weighted by atomic mass is 9.75. The van der Waals surface area contributed by atoms with Crippen molar-refractivity contribution < 1.29 is 0 Å². The lowest BCUT2D eigenvalue weighted by Gasteiger charge is -2.52. The molecule has 0 spiro atoms. The molecule has 3 atom stereocenters. The zero-order valence-corrected chi connectivity index (χ0v) is 13.2. The largest absolute Gasteiger partial charge is 0.506 e. The number of fused-ring (bicyclic) bond motifs is 2. The van der Waals surface area contributed by atoms with Crippen LogP contribution in [0.15, 0.2) is 0 Å². The maximum Gasteiger partial charge on any atom is 0.0874 e. The van der Waals surface area contributed by atoms with E-state index >= 15 is 0 Å². The maximum atomic E-state index is 5.84. The third kappa shape index (κ3) is 2.05. The average Bonchev–Trinajstić information content (AvgIpc) is 2.37. The van der Waals surface area contributed by atoms with Crippen LogP contribution in [0.2, 0.25) is 0 Å². The van der Waals surface area contributed by atoms with Crippen molar-refractivity contribution in [3.8, 4) is 0 Å². The lowest BCUT2D eigenvalue weighted by Crippen LogP contribution is -2.61. The highest BCUT2D eigenvalue weighted by atomic mass is 33.1. The SMILES string of the molecule is CCCS[P+]1([S-])NC2CCC(C)(N1)C2(C)C. The standard InChI is InChI=1S/C11H23N2PS2/c1-5-8-16-14(15)12-9-6-7-11(4,13-14)10(9,2)3/h9H,5-8H2,1-4H3,(H2,12,13,15). The number of hydrogen-bond donors (Lipinski definition) is 2. The van der Waals surface area contributed by atoms with Crippen LogP contribution in [-0.2, 0) is 12.2 Å². The van der Waals surface area contributed by atoms with Gasteiger partial charge in [-0.2, -0.15) is 10.2 Å². The third-order valence-electron chi connectivity index (χ3n) is 4.42. The van der Waals surface area contributed by atoms with E-state index in [1.807, 2.05) is 11.4 Å². The van der Waals surface area contributed by atoms with Gasteiger partial charge in [-0.1, -0.05) is 20.8 Å². The quantitative estimate of drug-likeness (QED) is 0.609. The summed E-state index contributed by atoms with van der Waals surface area (Å²) in [6, 6.07) is 0.605. The van der Waals surface area contributed by atoms with Crippen molar-refractivity contribution in [2.75, 3.05) is 5.75 Å². The van der Waals surface area contributed by atoms with Crippen molar-refractivity contribution >= 4 is 29.6 Å². The zero-order chi connectivity index (χ0) is 12.0. The Bertz CT molecular complexity index is 287. The van der Waals surface area contributed by atoms with E-state index in [1.54, 1.807) is 0 Å². The topological polar surface area (TPSA) is 24.1 Å². The number of hydrogen-bond acceptors (Lipinski definition) is 4. The molecule has 1 saturated heterocycles. The molecule has 0 aromatic heterocycles. The van der Waals surface area contributed by atoms with E-state index < -0.39 is 5.97 Å². The molecule has 2 rings (SSSR count). The van der Waals surface area contributed by atoms with Crippen molar-refractivity contribution in [2.24, 2.45) is 5.41 Å². The maximum absolute atomic E-state index is 5.84. The second-order valence-electron chi connectivity index (χ2n) is 5.77. The zero-order valence-electron chi connectivity index (χ0n) is 10.7. The van der Waals surface area contributed by atoms with Gasteiger partial charge in [-0.25, -0.2) is 0 Å². The molecule has 2 bridgehead atoms.